The van der Waals surface area contributed by atoms with Crippen molar-refractivity contribution in [2.45, 2.75) is 0 Å². The summed E-state index contributed by atoms with van der Waals surface area (Å²) in [5.74, 6) is -1.52. The third kappa shape index (κ3) is 2.92. The molecule has 0 aliphatic carbocycles. The normalized spacial score (nSPS) is 10.1. The molecule has 0 bridgehead atoms. The summed E-state index contributed by atoms with van der Waals surface area (Å²) in [5, 5.41) is 18.1. The van der Waals surface area contributed by atoms with E-state index < -0.39 is 18.4 Å². The van der Waals surface area contributed by atoms with Crippen molar-refractivity contribution in [1.29, 1.82) is 0 Å². The number of carbonyl (C=O) groups is 2. The van der Waals surface area contributed by atoms with Crippen LogP contribution in [0.2, 0.25) is 0 Å². The summed E-state index contributed by atoms with van der Waals surface area (Å²) >= 11 is 0. The Morgan fingerprint density at radius 1 is 1.16 bits per heavy atom. The topological polar surface area (TPSA) is 93.6 Å². The van der Waals surface area contributed by atoms with Gasteiger partial charge in [-0.25, -0.2) is 0 Å². The Balaban J connectivity index is 2.33. The number of nitrogens with zero attached hydrogens (tertiary/aromatic N) is 1. The highest BCUT2D eigenvalue weighted by molar-refractivity contribution is 6.07. The number of phenols is 1. The van der Waals surface area contributed by atoms with E-state index in [0.717, 1.165) is 4.90 Å². The van der Waals surface area contributed by atoms with Crippen LogP contribution < -0.4 is 4.90 Å². The zero-order valence-electron chi connectivity index (χ0n) is 9.91. The average molecular weight is 260 g/mol. The van der Waals surface area contributed by atoms with Gasteiger partial charge in [0.15, 0.2) is 0 Å². The second kappa shape index (κ2) is 5.26. The van der Waals surface area contributed by atoms with Crippen molar-refractivity contribution in [3.63, 3.8) is 0 Å². The number of carboxylic acid groups (broad SMARTS) is 1. The van der Waals surface area contributed by atoms with Crippen LogP contribution in [0.15, 0.2) is 42.6 Å². The zero-order chi connectivity index (χ0) is 13.8. The minimum absolute atomic E-state index is 0.0475. The fraction of sp³-hybridized carbons (Fsp3) is 0.0769. The molecule has 1 amide bonds. The minimum atomic E-state index is -1.12. The van der Waals surface area contributed by atoms with Gasteiger partial charge in [0.1, 0.15) is 18.0 Å². The number of hydrogen-bond donors (Lipinski definition) is 3. The van der Waals surface area contributed by atoms with Crippen LogP contribution in [0.1, 0.15) is 10.5 Å². The molecule has 2 rings (SSSR count). The zero-order valence-corrected chi connectivity index (χ0v) is 9.91. The number of aromatic amines is 1. The quantitative estimate of drug-likeness (QED) is 0.775. The Morgan fingerprint density at radius 3 is 2.37 bits per heavy atom. The lowest BCUT2D eigenvalue weighted by atomic mass is 10.2. The number of hydrogen-bond acceptors (Lipinski definition) is 3. The minimum Gasteiger partial charge on any atom is -0.508 e. The second-order valence-corrected chi connectivity index (χ2v) is 3.89. The van der Waals surface area contributed by atoms with Crippen molar-refractivity contribution in [3.8, 4) is 5.75 Å². The maximum atomic E-state index is 12.2. The van der Waals surface area contributed by atoms with E-state index in [9.17, 15) is 14.7 Å². The van der Waals surface area contributed by atoms with E-state index in [0.29, 0.717) is 11.4 Å². The molecular weight excluding hydrogens is 248 g/mol. The predicted molar refractivity (Wildman–Crippen MR) is 68.2 cm³/mol. The highest BCUT2D eigenvalue weighted by Gasteiger charge is 2.20. The third-order valence-electron chi connectivity index (χ3n) is 2.53. The van der Waals surface area contributed by atoms with Gasteiger partial charge in [0.2, 0.25) is 0 Å². The molecule has 0 aliphatic heterocycles. The van der Waals surface area contributed by atoms with E-state index in [1.807, 2.05) is 0 Å². The van der Waals surface area contributed by atoms with Crippen molar-refractivity contribution < 1.29 is 19.8 Å². The van der Waals surface area contributed by atoms with Gasteiger partial charge in [-0.15, -0.1) is 0 Å². The standard InChI is InChI=1S/C13H12N2O4/c16-10-5-3-9(4-6-10)15(8-12(17)18)13(19)11-2-1-7-14-11/h1-7,14,16H,8H2,(H,17,18). The number of amides is 1. The molecule has 0 aliphatic rings. The molecule has 6 heteroatoms. The molecule has 1 aromatic carbocycles. The van der Waals surface area contributed by atoms with Gasteiger partial charge in [0, 0.05) is 11.9 Å². The summed E-state index contributed by atoms with van der Waals surface area (Å²) in [6.07, 6.45) is 1.59. The first kappa shape index (κ1) is 12.7. The number of aromatic hydroxyl groups is 1. The Labute approximate surface area is 108 Å². The SMILES string of the molecule is O=C(O)CN(C(=O)c1ccc[nH]1)c1ccc(O)cc1. The van der Waals surface area contributed by atoms with Crippen LogP contribution in [0.5, 0.6) is 5.75 Å². The summed E-state index contributed by atoms with van der Waals surface area (Å²) in [6.45, 7) is -0.456. The van der Waals surface area contributed by atoms with Gasteiger partial charge in [-0.1, -0.05) is 0 Å². The third-order valence-corrected chi connectivity index (χ3v) is 2.53. The van der Waals surface area contributed by atoms with E-state index in [1.54, 1.807) is 18.3 Å². The van der Waals surface area contributed by atoms with Gasteiger partial charge >= 0.3 is 5.97 Å². The van der Waals surface area contributed by atoms with Crippen LogP contribution in [0.25, 0.3) is 0 Å². The van der Waals surface area contributed by atoms with E-state index >= 15 is 0 Å². The molecule has 6 nitrogen and oxygen atoms in total. The summed E-state index contributed by atoms with van der Waals surface area (Å²) in [5.41, 5.74) is 0.703. The van der Waals surface area contributed by atoms with Gasteiger partial charge in [0.05, 0.1) is 0 Å². The molecule has 0 saturated heterocycles. The number of H-pyrrole nitrogens is 1. The molecular formula is C13H12N2O4. The first-order valence-electron chi connectivity index (χ1n) is 5.54. The average Bonchev–Trinajstić information content (AvgIpc) is 2.90. The van der Waals surface area contributed by atoms with Gasteiger partial charge in [0.25, 0.3) is 5.91 Å². The van der Waals surface area contributed by atoms with Gasteiger partial charge < -0.3 is 15.2 Å². The number of carbonyl (C=O) groups excluding carboxylic acids is 1. The van der Waals surface area contributed by atoms with Crippen LogP contribution >= 0.6 is 0 Å². The summed E-state index contributed by atoms with van der Waals surface area (Å²) in [7, 11) is 0. The summed E-state index contributed by atoms with van der Waals surface area (Å²) in [6, 6.07) is 8.98. The number of aromatic nitrogens is 1. The number of rotatable bonds is 4. The molecule has 0 fully saturated rings. The van der Waals surface area contributed by atoms with E-state index in [4.69, 9.17) is 5.11 Å². The molecule has 0 spiro atoms. The Kier molecular flexibility index (Phi) is 3.51. The van der Waals surface area contributed by atoms with Crippen molar-refractivity contribution in [2.24, 2.45) is 0 Å². The molecule has 2 aromatic rings. The molecule has 0 atom stereocenters. The fourth-order valence-corrected chi connectivity index (χ4v) is 1.66. The first-order valence-corrected chi connectivity index (χ1v) is 5.54. The lowest BCUT2D eigenvalue weighted by Crippen LogP contribution is -2.35. The van der Waals surface area contributed by atoms with Crippen LogP contribution in [-0.2, 0) is 4.79 Å². The van der Waals surface area contributed by atoms with Crippen LogP contribution in [-0.4, -0.2) is 33.6 Å². The highest BCUT2D eigenvalue weighted by atomic mass is 16.4. The molecule has 0 saturated carbocycles. The van der Waals surface area contributed by atoms with E-state index in [2.05, 4.69) is 4.98 Å². The predicted octanol–water partition coefficient (Wildman–Crippen LogP) is 1.45. The molecule has 1 aromatic heterocycles. The van der Waals surface area contributed by atoms with Crippen molar-refractivity contribution in [1.82, 2.24) is 4.98 Å². The smallest absolute Gasteiger partial charge is 0.323 e. The molecule has 0 radical (unpaired) electrons. The van der Waals surface area contributed by atoms with E-state index in [1.165, 1.54) is 24.3 Å². The summed E-state index contributed by atoms with van der Waals surface area (Å²) in [4.78, 5) is 26.9. The van der Waals surface area contributed by atoms with Crippen LogP contribution in [0.4, 0.5) is 5.69 Å². The first-order chi connectivity index (χ1) is 9.08. The molecule has 98 valence electrons. The molecule has 0 unspecified atom stereocenters. The van der Waals surface area contributed by atoms with Crippen molar-refractivity contribution in [2.75, 3.05) is 11.4 Å². The van der Waals surface area contributed by atoms with Crippen LogP contribution in [0.3, 0.4) is 0 Å². The molecule has 3 N–H and O–H groups in total. The number of phenolic OH excluding ortho intramolecular Hbond substituents is 1. The van der Waals surface area contributed by atoms with Gasteiger partial charge in [-0.3, -0.25) is 14.5 Å². The number of nitrogens with one attached hydrogen (secondary N) is 1. The number of anilines is 1. The fourth-order valence-electron chi connectivity index (χ4n) is 1.66. The Morgan fingerprint density at radius 2 is 1.84 bits per heavy atom. The maximum absolute atomic E-state index is 12.2. The van der Waals surface area contributed by atoms with Gasteiger partial charge in [-0.2, -0.15) is 0 Å². The van der Waals surface area contributed by atoms with Crippen LogP contribution in [0, 0.1) is 0 Å². The second-order valence-electron chi connectivity index (χ2n) is 3.89. The highest BCUT2D eigenvalue weighted by Crippen LogP contribution is 2.20. The van der Waals surface area contributed by atoms with Gasteiger partial charge in [-0.05, 0) is 36.4 Å². The summed E-state index contributed by atoms with van der Waals surface area (Å²) < 4.78 is 0. The number of aliphatic carboxylic acids is 1. The maximum Gasteiger partial charge on any atom is 0.323 e. The lowest BCUT2D eigenvalue weighted by Gasteiger charge is -2.20. The lowest BCUT2D eigenvalue weighted by molar-refractivity contribution is -0.135. The Bertz CT molecular complexity index is 575. The number of benzene rings is 1. The van der Waals surface area contributed by atoms with E-state index in [-0.39, 0.29) is 5.75 Å². The van der Waals surface area contributed by atoms with Crippen molar-refractivity contribution in [3.05, 3.63) is 48.3 Å². The largest absolute Gasteiger partial charge is 0.508 e. The Hall–Kier alpha value is -2.76. The number of carboxylic acids is 1. The van der Waals surface area contributed by atoms with Crippen molar-refractivity contribution >= 4 is 17.6 Å². The molecule has 19 heavy (non-hydrogen) atoms. The monoisotopic (exact) mass is 260 g/mol. The molecule has 1 heterocycles.